The molecule has 4 heteroatoms. The molecule has 2 aromatic carbocycles. The number of ketones is 1. The van der Waals surface area contributed by atoms with Crippen LogP contribution in [0.25, 0.3) is 11.1 Å². The van der Waals surface area contributed by atoms with E-state index in [1.807, 2.05) is 30.3 Å². The van der Waals surface area contributed by atoms with Crippen LogP contribution in [0.5, 0.6) is 0 Å². The number of nitrogens with one attached hydrogen (secondary N) is 1. The van der Waals surface area contributed by atoms with E-state index in [-0.39, 0.29) is 11.7 Å². The highest BCUT2D eigenvalue weighted by Crippen LogP contribution is 2.38. The average Bonchev–Trinajstić information content (AvgIpc) is 2.62. The molecule has 1 amide bonds. The normalized spacial score (nSPS) is 12.0. The summed E-state index contributed by atoms with van der Waals surface area (Å²) in [5, 5.41) is 2.69. The van der Waals surface area contributed by atoms with Crippen molar-refractivity contribution in [3.8, 4) is 11.1 Å². The van der Waals surface area contributed by atoms with Gasteiger partial charge in [0.2, 0.25) is 5.91 Å². The third-order valence-electron chi connectivity index (χ3n) is 3.10. The zero-order valence-electron chi connectivity index (χ0n) is 10.2. The van der Waals surface area contributed by atoms with Gasteiger partial charge < -0.3 is 5.32 Å². The lowest BCUT2D eigenvalue weighted by molar-refractivity contribution is -0.114. The van der Waals surface area contributed by atoms with Crippen LogP contribution < -0.4 is 5.32 Å². The van der Waals surface area contributed by atoms with Crippen LogP contribution in [0.4, 0.5) is 5.69 Å². The summed E-state index contributed by atoms with van der Waals surface area (Å²) in [6.07, 6.45) is 0. The lowest BCUT2D eigenvalue weighted by atomic mass is 10.1. The minimum Gasteiger partial charge on any atom is -0.326 e. The predicted octanol–water partition coefficient (Wildman–Crippen LogP) is 3.62. The van der Waals surface area contributed by atoms with Crippen LogP contribution in [0.3, 0.4) is 0 Å². The van der Waals surface area contributed by atoms with Crippen molar-refractivity contribution in [2.75, 3.05) is 5.32 Å². The highest BCUT2D eigenvalue weighted by Gasteiger charge is 2.26. The quantitative estimate of drug-likeness (QED) is 0.745. The van der Waals surface area contributed by atoms with E-state index in [1.54, 1.807) is 6.07 Å². The number of anilines is 1. The van der Waals surface area contributed by atoms with Gasteiger partial charge in [0.1, 0.15) is 0 Å². The Balaban J connectivity index is 2.13. The summed E-state index contributed by atoms with van der Waals surface area (Å²) in [7, 11) is 0. The number of hydrogen-bond acceptors (Lipinski definition) is 2. The van der Waals surface area contributed by atoms with Crippen LogP contribution in [-0.4, -0.2) is 11.7 Å². The Morgan fingerprint density at radius 3 is 2.32 bits per heavy atom. The SMILES string of the molecule is CC(=O)Nc1ccc2c(c1)C(=O)c1cc(Br)ccc1-2. The molecule has 19 heavy (non-hydrogen) atoms. The van der Waals surface area contributed by atoms with Crippen molar-refractivity contribution in [1.82, 2.24) is 0 Å². The summed E-state index contributed by atoms with van der Waals surface area (Å²) in [5.41, 5.74) is 3.84. The van der Waals surface area contributed by atoms with E-state index in [4.69, 9.17) is 0 Å². The molecular weight excluding hydrogens is 306 g/mol. The van der Waals surface area contributed by atoms with Gasteiger partial charge in [0, 0.05) is 28.2 Å². The topological polar surface area (TPSA) is 46.2 Å². The van der Waals surface area contributed by atoms with Gasteiger partial charge in [0.15, 0.2) is 5.78 Å². The Kier molecular flexibility index (Phi) is 2.75. The number of halogens is 1. The third kappa shape index (κ3) is 1.98. The van der Waals surface area contributed by atoms with E-state index in [9.17, 15) is 9.59 Å². The molecule has 1 aliphatic carbocycles. The maximum absolute atomic E-state index is 12.3. The molecule has 0 fully saturated rings. The van der Waals surface area contributed by atoms with Gasteiger partial charge in [-0.3, -0.25) is 9.59 Å². The van der Waals surface area contributed by atoms with Gasteiger partial charge in [0.25, 0.3) is 0 Å². The molecule has 0 aliphatic heterocycles. The minimum atomic E-state index is -0.148. The van der Waals surface area contributed by atoms with Crippen molar-refractivity contribution in [3.63, 3.8) is 0 Å². The Morgan fingerprint density at radius 2 is 1.63 bits per heavy atom. The molecule has 0 atom stereocenters. The molecule has 0 aromatic heterocycles. The first kappa shape index (κ1) is 12.1. The Morgan fingerprint density at radius 1 is 1.00 bits per heavy atom. The highest BCUT2D eigenvalue weighted by atomic mass is 79.9. The lowest BCUT2D eigenvalue weighted by Crippen LogP contribution is -2.06. The number of fused-ring (bicyclic) bond motifs is 3. The van der Waals surface area contributed by atoms with E-state index in [0.29, 0.717) is 16.8 Å². The number of benzene rings is 2. The molecule has 3 nitrogen and oxygen atoms in total. The monoisotopic (exact) mass is 315 g/mol. The Hall–Kier alpha value is -1.94. The molecule has 3 rings (SSSR count). The standard InChI is InChI=1S/C15H10BrNO2/c1-8(18)17-10-3-5-12-11-4-2-9(16)6-13(11)15(19)14(12)7-10/h2-7H,1H3,(H,17,18). The molecule has 0 radical (unpaired) electrons. The minimum absolute atomic E-state index is 0.00139. The van der Waals surface area contributed by atoms with Gasteiger partial charge >= 0.3 is 0 Å². The molecule has 0 spiro atoms. The largest absolute Gasteiger partial charge is 0.326 e. The maximum Gasteiger partial charge on any atom is 0.221 e. The summed E-state index contributed by atoms with van der Waals surface area (Å²) in [5.74, 6) is -0.149. The second-order valence-corrected chi connectivity index (χ2v) is 5.38. The number of amides is 1. The van der Waals surface area contributed by atoms with Crippen LogP contribution in [0.15, 0.2) is 40.9 Å². The maximum atomic E-state index is 12.3. The van der Waals surface area contributed by atoms with Crippen molar-refractivity contribution >= 4 is 33.3 Å². The van der Waals surface area contributed by atoms with Crippen molar-refractivity contribution in [2.45, 2.75) is 6.92 Å². The number of carbonyl (C=O) groups is 2. The Labute approximate surface area is 118 Å². The molecule has 94 valence electrons. The third-order valence-corrected chi connectivity index (χ3v) is 3.59. The van der Waals surface area contributed by atoms with Crippen LogP contribution in [0.1, 0.15) is 22.8 Å². The van der Waals surface area contributed by atoms with E-state index in [1.165, 1.54) is 6.92 Å². The zero-order chi connectivity index (χ0) is 13.6. The van der Waals surface area contributed by atoms with Crippen molar-refractivity contribution in [1.29, 1.82) is 0 Å². The summed E-state index contributed by atoms with van der Waals surface area (Å²) >= 11 is 3.38. The van der Waals surface area contributed by atoms with Gasteiger partial charge in [-0.05, 0) is 35.4 Å². The van der Waals surface area contributed by atoms with Gasteiger partial charge in [0.05, 0.1) is 0 Å². The average molecular weight is 316 g/mol. The molecular formula is C15H10BrNO2. The summed E-state index contributed by atoms with van der Waals surface area (Å²) in [6, 6.07) is 11.1. The number of hydrogen-bond donors (Lipinski definition) is 1. The Bertz CT molecular complexity index is 722. The van der Waals surface area contributed by atoms with Gasteiger partial charge in [-0.15, -0.1) is 0 Å². The molecule has 1 aliphatic rings. The number of rotatable bonds is 1. The fourth-order valence-electron chi connectivity index (χ4n) is 2.33. The van der Waals surface area contributed by atoms with Crippen LogP contribution in [-0.2, 0) is 4.79 Å². The van der Waals surface area contributed by atoms with E-state index in [0.717, 1.165) is 15.6 Å². The van der Waals surface area contributed by atoms with Crippen LogP contribution in [0, 0.1) is 0 Å². The molecule has 1 N–H and O–H groups in total. The fourth-order valence-corrected chi connectivity index (χ4v) is 2.69. The number of carbonyl (C=O) groups excluding carboxylic acids is 2. The first-order chi connectivity index (χ1) is 9.06. The van der Waals surface area contributed by atoms with Gasteiger partial charge in [-0.2, -0.15) is 0 Å². The van der Waals surface area contributed by atoms with E-state index >= 15 is 0 Å². The predicted molar refractivity (Wildman–Crippen MR) is 77.3 cm³/mol. The zero-order valence-corrected chi connectivity index (χ0v) is 11.7. The first-order valence-electron chi connectivity index (χ1n) is 5.82. The molecule has 0 saturated carbocycles. The first-order valence-corrected chi connectivity index (χ1v) is 6.62. The fraction of sp³-hybridized carbons (Fsp3) is 0.0667. The summed E-state index contributed by atoms with van der Waals surface area (Å²) in [6.45, 7) is 1.45. The molecule has 0 unspecified atom stereocenters. The second kappa shape index (κ2) is 4.31. The van der Waals surface area contributed by atoms with Crippen LogP contribution in [0.2, 0.25) is 0 Å². The summed E-state index contributed by atoms with van der Waals surface area (Å²) < 4.78 is 0.884. The van der Waals surface area contributed by atoms with Crippen molar-refractivity contribution in [3.05, 3.63) is 52.0 Å². The van der Waals surface area contributed by atoms with Gasteiger partial charge in [-0.25, -0.2) is 0 Å². The smallest absolute Gasteiger partial charge is 0.221 e. The van der Waals surface area contributed by atoms with E-state index in [2.05, 4.69) is 21.2 Å². The van der Waals surface area contributed by atoms with Crippen molar-refractivity contribution in [2.24, 2.45) is 0 Å². The second-order valence-electron chi connectivity index (χ2n) is 4.46. The molecule has 0 saturated heterocycles. The lowest BCUT2D eigenvalue weighted by Gasteiger charge is -2.04. The highest BCUT2D eigenvalue weighted by molar-refractivity contribution is 9.10. The molecule has 0 bridgehead atoms. The van der Waals surface area contributed by atoms with E-state index < -0.39 is 0 Å². The molecule has 0 heterocycles. The molecule has 2 aromatic rings. The van der Waals surface area contributed by atoms with Gasteiger partial charge in [-0.1, -0.05) is 28.1 Å². The van der Waals surface area contributed by atoms with Crippen molar-refractivity contribution < 1.29 is 9.59 Å². The van der Waals surface area contributed by atoms with Crippen LogP contribution >= 0.6 is 15.9 Å². The summed E-state index contributed by atoms with van der Waals surface area (Å²) in [4.78, 5) is 23.4.